The van der Waals surface area contributed by atoms with Crippen molar-refractivity contribution in [1.82, 2.24) is 4.90 Å². The summed E-state index contributed by atoms with van der Waals surface area (Å²) in [5.41, 5.74) is 7.67. The Morgan fingerprint density at radius 1 is 1.30 bits per heavy atom. The molecule has 0 aliphatic heterocycles. The van der Waals surface area contributed by atoms with Crippen LogP contribution in [0.5, 0.6) is 0 Å². The van der Waals surface area contributed by atoms with Gasteiger partial charge in [0.2, 0.25) is 0 Å². The van der Waals surface area contributed by atoms with Gasteiger partial charge in [-0.15, -0.1) is 0 Å². The number of anilines is 1. The predicted molar refractivity (Wildman–Crippen MR) is 83.2 cm³/mol. The molecule has 1 aromatic rings. The van der Waals surface area contributed by atoms with Crippen molar-refractivity contribution in [1.29, 1.82) is 0 Å². The van der Waals surface area contributed by atoms with E-state index < -0.39 is 9.84 Å². The molecule has 1 aliphatic rings. The standard InChI is InChI=1S/C15H24N2O2S/c1-17(11-12-6-5-7-13(16)10-12)14-8-3-4-9-15(14)20(2,18)19/h5-7,10,14-15H,3-4,8-9,11,16H2,1-2H3. The van der Waals surface area contributed by atoms with Gasteiger partial charge < -0.3 is 5.73 Å². The van der Waals surface area contributed by atoms with Crippen molar-refractivity contribution in [3.63, 3.8) is 0 Å². The molecule has 0 radical (unpaired) electrons. The van der Waals surface area contributed by atoms with Gasteiger partial charge in [0, 0.05) is 24.5 Å². The molecule has 0 aromatic heterocycles. The molecule has 2 unspecified atom stereocenters. The summed E-state index contributed by atoms with van der Waals surface area (Å²) in [5, 5.41) is -0.234. The van der Waals surface area contributed by atoms with Crippen LogP contribution >= 0.6 is 0 Å². The molecular weight excluding hydrogens is 272 g/mol. The highest BCUT2D eigenvalue weighted by Gasteiger charge is 2.34. The Labute approximate surface area is 121 Å². The highest BCUT2D eigenvalue weighted by atomic mass is 32.2. The molecule has 2 N–H and O–H groups in total. The minimum absolute atomic E-state index is 0.111. The van der Waals surface area contributed by atoms with Gasteiger partial charge in [0.25, 0.3) is 0 Å². The van der Waals surface area contributed by atoms with Gasteiger partial charge >= 0.3 is 0 Å². The molecule has 20 heavy (non-hydrogen) atoms. The fraction of sp³-hybridized carbons (Fsp3) is 0.600. The summed E-state index contributed by atoms with van der Waals surface area (Å²) >= 11 is 0. The van der Waals surface area contributed by atoms with Crippen molar-refractivity contribution in [2.45, 2.75) is 43.5 Å². The molecule has 1 fully saturated rings. The average Bonchev–Trinajstić information content (AvgIpc) is 2.37. The largest absolute Gasteiger partial charge is 0.399 e. The summed E-state index contributed by atoms with van der Waals surface area (Å²) in [7, 11) is -0.976. The number of sulfone groups is 1. The highest BCUT2D eigenvalue weighted by molar-refractivity contribution is 7.91. The van der Waals surface area contributed by atoms with Crippen LogP contribution in [0.15, 0.2) is 24.3 Å². The second-order valence-electron chi connectivity index (χ2n) is 5.88. The lowest BCUT2D eigenvalue weighted by atomic mass is 9.93. The van der Waals surface area contributed by atoms with Crippen molar-refractivity contribution in [3.8, 4) is 0 Å². The number of nitrogens with zero attached hydrogens (tertiary/aromatic N) is 1. The summed E-state index contributed by atoms with van der Waals surface area (Å²) in [5.74, 6) is 0. The molecule has 4 nitrogen and oxygen atoms in total. The van der Waals surface area contributed by atoms with E-state index in [2.05, 4.69) is 4.90 Å². The van der Waals surface area contributed by atoms with Crippen LogP contribution in [0.1, 0.15) is 31.2 Å². The Morgan fingerprint density at radius 2 is 2.00 bits per heavy atom. The van der Waals surface area contributed by atoms with E-state index >= 15 is 0 Å². The quantitative estimate of drug-likeness (QED) is 0.864. The minimum Gasteiger partial charge on any atom is -0.399 e. The van der Waals surface area contributed by atoms with Crippen LogP contribution in [0.3, 0.4) is 0 Å². The lowest BCUT2D eigenvalue weighted by Crippen LogP contribution is -2.46. The maximum Gasteiger partial charge on any atom is 0.151 e. The number of rotatable bonds is 4. The molecular formula is C15H24N2O2S. The number of nitrogen functional groups attached to an aromatic ring is 1. The summed E-state index contributed by atoms with van der Waals surface area (Å²) in [6, 6.07) is 7.90. The fourth-order valence-electron chi connectivity index (χ4n) is 3.18. The van der Waals surface area contributed by atoms with E-state index in [1.54, 1.807) is 0 Å². The van der Waals surface area contributed by atoms with Gasteiger partial charge in [-0.05, 0) is 37.6 Å². The van der Waals surface area contributed by atoms with E-state index in [0.717, 1.165) is 43.5 Å². The van der Waals surface area contributed by atoms with Crippen molar-refractivity contribution >= 4 is 15.5 Å². The molecule has 0 spiro atoms. The second-order valence-corrected chi connectivity index (χ2v) is 8.14. The van der Waals surface area contributed by atoms with E-state index in [1.165, 1.54) is 6.26 Å². The summed E-state index contributed by atoms with van der Waals surface area (Å²) < 4.78 is 23.9. The fourth-order valence-corrected chi connectivity index (χ4v) is 4.69. The number of hydrogen-bond donors (Lipinski definition) is 1. The topological polar surface area (TPSA) is 63.4 Å². The minimum atomic E-state index is -2.99. The SMILES string of the molecule is CN(Cc1cccc(N)c1)C1CCCCC1S(C)(=O)=O. The maximum absolute atomic E-state index is 12.0. The molecule has 112 valence electrons. The van der Waals surface area contributed by atoms with Crippen LogP contribution in [0.25, 0.3) is 0 Å². The average molecular weight is 296 g/mol. The first kappa shape index (κ1) is 15.3. The Balaban J connectivity index is 2.12. The third kappa shape index (κ3) is 3.73. The third-order valence-corrected chi connectivity index (χ3v) is 5.82. The van der Waals surface area contributed by atoms with Crippen molar-refractivity contribution in [3.05, 3.63) is 29.8 Å². The molecule has 1 aliphatic carbocycles. The van der Waals surface area contributed by atoms with E-state index in [4.69, 9.17) is 5.73 Å². The van der Waals surface area contributed by atoms with Crippen LogP contribution in [-0.2, 0) is 16.4 Å². The first-order chi connectivity index (χ1) is 9.38. The smallest absolute Gasteiger partial charge is 0.151 e. The van der Waals surface area contributed by atoms with Crippen molar-refractivity contribution in [2.24, 2.45) is 0 Å². The van der Waals surface area contributed by atoms with E-state index in [1.807, 2.05) is 31.3 Å². The third-order valence-electron chi connectivity index (χ3n) is 4.17. The molecule has 1 aromatic carbocycles. The van der Waals surface area contributed by atoms with Gasteiger partial charge in [0.1, 0.15) is 0 Å². The zero-order valence-electron chi connectivity index (χ0n) is 12.2. The van der Waals surface area contributed by atoms with Gasteiger partial charge in [-0.1, -0.05) is 25.0 Å². The molecule has 0 saturated heterocycles. The first-order valence-corrected chi connectivity index (χ1v) is 9.07. The van der Waals surface area contributed by atoms with Gasteiger partial charge in [-0.25, -0.2) is 8.42 Å². The van der Waals surface area contributed by atoms with Crippen LogP contribution in [-0.4, -0.2) is 37.9 Å². The van der Waals surface area contributed by atoms with Crippen LogP contribution in [0.4, 0.5) is 5.69 Å². The van der Waals surface area contributed by atoms with Gasteiger partial charge in [-0.2, -0.15) is 0 Å². The van der Waals surface area contributed by atoms with Gasteiger partial charge in [0.05, 0.1) is 5.25 Å². The zero-order chi connectivity index (χ0) is 14.8. The van der Waals surface area contributed by atoms with Gasteiger partial charge in [-0.3, -0.25) is 4.90 Å². The van der Waals surface area contributed by atoms with Gasteiger partial charge in [0.15, 0.2) is 9.84 Å². The molecule has 1 saturated carbocycles. The Bertz CT molecular complexity index is 557. The zero-order valence-corrected chi connectivity index (χ0v) is 13.1. The number of hydrogen-bond acceptors (Lipinski definition) is 4. The molecule has 5 heteroatoms. The summed E-state index contributed by atoms with van der Waals surface area (Å²) in [6.07, 6.45) is 5.23. The Hall–Kier alpha value is -1.07. The highest BCUT2D eigenvalue weighted by Crippen LogP contribution is 2.28. The van der Waals surface area contributed by atoms with Crippen LogP contribution in [0, 0.1) is 0 Å². The van der Waals surface area contributed by atoms with Crippen LogP contribution in [0.2, 0.25) is 0 Å². The first-order valence-electron chi connectivity index (χ1n) is 7.11. The molecule has 2 atom stereocenters. The maximum atomic E-state index is 12.0. The lowest BCUT2D eigenvalue weighted by Gasteiger charge is -2.37. The van der Waals surface area contributed by atoms with Crippen molar-refractivity contribution in [2.75, 3.05) is 19.0 Å². The second kappa shape index (κ2) is 6.14. The van der Waals surface area contributed by atoms with Crippen molar-refractivity contribution < 1.29 is 8.42 Å². The normalized spacial score (nSPS) is 23.9. The number of nitrogens with two attached hydrogens (primary N) is 1. The summed E-state index contributed by atoms with van der Waals surface area (Å²) in [6.45, 7) is 0.738. The van der Waals surface area contributed by atoms with E-state index in [-0.39, 0.29) is 11.3 Å². The summed E-state index contributed by atoms with van der Waals surface area (Å²) in [4.78, 5) is 2.17. The number of benzene rings is 1. The Kier molecular flexibility index (Phi) is 4.70. The lowest BCUT2D eigenvalue weighted by molar-refractivity contribution is 0.187. The molecule has 0 heterocycles. The van der Waals surface area contributed by atoms with E-state index in [0.29, 0.717) is 0 Å². The van der Waals surface area contributed by atoms with E-state index in [9.17, 15) is 8.42 Å². The predicted octanol–water partition coefficient (Wildman–Crippen LogP) is 2.06. The monoisotopic (exact) mass is 296 g/mol. The Morgan fingerprint density at radius 3 is 2.65 bits per heavy atom. The molecule has 2 rings (SSSR count). The molecule has 0 bridgehead atoms. The molecule has 0 amide bonds. The van der Waals surface area contributed by atoms with Crippen LogP contribution < -0.4 is 5.73 Å².